The molecule has 0 unspecified atom stereocenters. The highest BCUT2D eigenvalue weighted by Gasteiger charge is 2.20. The number of hydrogen-bond donors (Lipinski definition) is 0. The van der Waals surface area contributed by atoms with E-state index in [0.29, 0.717) is 17.5 Å². The molecular weight excluding hydrogens is 623 g/mol. The van der Waals surface area contributed by atoms with E-state index in [0.717, 1.165) is 65.9 Å². The lowest BCUT2D eigenvalue weighted by atomic mass is 9.98. The first-order chi connectivity index (χ1) is 25.2. The third-order valence-electron chi connectivity index (χ3n) is 9.68. The molecule has 10 aromatic rings. The standard InChI is InChI=1S/C47H29N3O/c1-3-11-30(12-4-1)34-20-21-36-27-38(24-22-35(36)25-34)46-48-45(37-23-19-32-15-7-8-16-33(32)26-37)49-47(50-46)41-28-39(31-13-5-2-6-14-31)29-43-44(41)40-17-9-10-18-42(40)51-43/h1-29H. The van der Waals surface area contributed by atoms with Crippen molar-refractivity contribution < 1.29 is 4.42 Å². The van der Waals surface area contributed by atoms with Crippen LogP contribution in [0.5, 0.6) is 0 Å². The van der Waals surface area contributed by atoms with E-state index < -0.39 is 0 Å². The van der Waals surface area contributed by atoms with Crippen molar-refractivity contribution >= 4 is 43.5 Å². The van der Waals surface area contributed by atoms with Crippen molar-refractivity contribution in [2.75, 3.05) is 0 Å². The van der Waals surface area contributed by atoms with Gasteiger partial charge in [-0.1, -0.05) is 140 Å². The number of rotatable bonds is 5. The fourth-order valence-electron chi connectivity index (χ4n) is 7.11. The van der Waals surface area contributed by atoms with E-state index in [1.165, 1.54) is 16.5 Å². The van der Waals surface area contributed by atoms with Gasteiger partial charge in [0.25, 0.3) is 0 Å². The van der Waals surface area contributed by atoms with E-state index in [9.17, 15) is 0 Å². The van der Waals surface area contributed by atoms with Gasteiger partial charge in [-0.2, -0.15) is 0 Å². The average Bonchev–Trinajstić information content (AvgIpc) is 3.59. The highest BCUT2D eigenvalue weighted by atomic mass is 16.3. The first-order valence-electron chi connectivity index (χ1n) is 17.1. The summed E-state index contributed by atoms with van der Waals surface area (Å²) < 4.78 is 6.47. The predicted molar refractivity (Wildman–Crippen MR) is 209 cm³/mol. The monoisotopic (exact) mass is 651 g/mol. The molecule has 0 saturated carbocycles. The maximum atomic E-state index is 6.47. The van der Waals surface area contributed by atoms with Crippen LogP contribution in [0.15, 0.2) is 180 Å². The van der Waals surface area contributed by atoms with E-state index in [4.69, 9.17) is 19.4 Å². The molecule has 0 bridgehead atoms. The third-order valence-corrected chi connectivity index (χ3v) is 9.68. The number of hydrogen-bond acceptors (Lipinski definition) is 4. The van der Waals surface area contributed by atoms with E-state index >= 15 is 0 Å². The van der Waals surface area contributed by atoms with Crippen LogP contribution in [0.3, 0.4) is 0 Å². The molecule has 0 aliphatic heterocycles. The molecule has 0 fully saturated rings. The molecule has 0 amide bonds. The van der Waals surface area contributed by atoms with Crippen molar-refractivity contribution in [3.05, 3.63) is 176 Å². The number of aromatic nitrogens is 3. The van der Waals surface area contributed by atoms with Crippen LogP contribution >= 0.6 is 0 Å². The lowest BCUT2D eigenvalue weighted by molar-refractivity contribution is 0.669. The number of benzene rings is 8. The van der Waals surface area contributed by atoms with E-state index in [1.54, 1.807) is 0 Å². The molecule has 8 aromatic carbocycles. The smallest absolute Gasteiger partial charge is 0.164 e. The summed E-state index contributed by atoms with van der Waals surface area (Å²) in [5.41, 5.74) is 8.88. The molecule has 0 aliphatic rings. The Hall–Kier alpha value is -6.91. The van der Waals surface area contributed by atoms with Crippen LogP contribution in [-0.2, 0) is 0 Å². The zero-order chi connectivity index (χ0) is 33.7. The van der Waals surface area contributed by atoms with Gasteiger partial charge in [-0.15, -0.1) is 0 Å². The SMILES string of the molecule is c1ccc(-c2ccc3cc(-c4nc(-c5ccc6ccccc6c5)nc(-c5cc(-c6ccccc6)cc6oc7ccccc7c56)n4)ccc3c2)cc1. The van der Waals surface area contributed by atoms with Crippen LogP contribution in [-0.4, -0.2) is 15.0 Å². The van der Waals surface area contributed by atoms with Crippen LogP contribution < -0.4 is 0 Å². The topological polar surface area (TPSA) is 51.8 Å². The minimum atomic E-state index is 0.594. The summed E-state index contributed by atoms with van der Waals surface area (Å²) in [5, 5.41) is 6.59. The molecule has 2 heterocycles. The van der Waals surface area contributed by atoms with Crippen molar-refractivity contribution in [1.29, 1.82) is 0 Å². The number of para-hydroxylation sites is 1. The number of furan rings is 1. The molecule has 0 radical (unpaired) electrons. The molecule has 51 heavy (non-hydrogen) atoms. The minimum Gasteiger partial charge on any atom is -0.456 e. The second kappa shape index (κ2) is 11.9. The van der Waals surface area contributed by atoms with Gasteiger partial charge in [0, 0.05) is 27.5 Å². The van der Waals surface area contributed by atoms with Crippen LogP contribution in [0.25, 0.3) is 99.9 Å². The lowest BCUT2D eigenvalue weighted by Crippen LogP contribution is -2.01. The zero-order valence-electron chi connectivity index (χ0n) is 27.5. The molecular formula is C47H29N3O. The Labute approximate surface area is 294 Å². The molecule has 4 nitrogen and oxygen atoms in total. The molecule has 0 N–H and O–H groups in total. The fourth-order valence-corrected chi connectivity index (χ4v) is 7.11. The summed E-state index contributed by atoms with van der Waals surface area (Å²) in [4.78, 5) is 15.6. The summed E-state index contributed by atoms with van der Waals surface area (Å²) in [5.74, 6) is 1.83. The Balaban J connectivity index is 1.21. The van der Waals surface area contributed by atoms with Crippen molar-refractivity contribution in [2.45, 2.75) is 0 Å². The first-order valence-corrected chi connectivity index (χ1v) is 17.1. The Morgan fingerprint density at radius 2 is 0.824 bits per heavy atom. The maximum Gasteiger partial charge on any atom is 0.164 e. The summed E-state index contributed by atoms with van der Waals surface area (Å²) in [6.45, 7) is 0. The van der Waals surface area contributed by atoms with Crippen molar-refractivity contribution in [3.8, 4) is 56.4 Å². The van der Waals surface area contributed by atoms with Gasteiger partial charge in [0.15, 0.2) is 17.5 Å². The second-order valence-corrected chi connectivity index (χ2v) is 12.9. The van der Waals surface area contributed by atoms with Crippen molar-refractivity contribution in [2.24, 2.45) is 0 Å². The Morgan fingerprint density at radius 1 is 0.314 bits per heavy atom. The highest BCUT2D eigenvalue weighted by molar-refractivity contribution is 6.13. The summed E-state index contributed by atoms with van der Waals surface area (Å²) >= 11 is 0. The van der Waals surface area contributed by atoms with E-state index in [2.05, 4.69) is 146 Å². The number of fused-ring (bicyclic) bond motifs is 5. The van der Waals surface area contributed by atoms with Crippen LogP contribution in [0.1, 0.15) is 0 Å². The largest absolute Gasteiger partial charge is 0.456 e. The van der Waals surface area contributed by atoms with Gasteiger partial charge in [0.1, 0.15) is 11.2 Å². The zero-order valence-corrected chi connectivity index (χ0v) is 27.5. The quantitative estimate of drug-likeness (QED) is 0.186. The molecule has 0 atom stereocenters. The first kappa shape index (κ1) is 29.0. The maximum absolute atomic E-state index is 6.47. The molecule has 2 aromatic heterocycles. The Bertz CT molecular complexity index is 2910. The summed E-state index contributed by atoms with van der Waals surface area (Å²) in [7, 11) is 0. The summed E-state index contributed by atoms with van der Waals surface area (Å²) in [6.07, 6.45) is 0. The van der Waals surface area contributed by atoms with Gasteiger partial charge < -0.3 is 4.42 Å². The molecule has 10 rings (SSSR count). The van der Waals surface area contributed by atoms with Crippen molar-refractivity contribution in [1.82, 2.24) is 15.0 Å². The van der Waals surface area contributed by atoms with Gasteiger partial charge in [-0.05, 0) is 80.2 Å². The van der Waals surface area contributed by atoms with Crippen LogP contribution in [0, 0.1) is 0 Å². The lowest BCUT2D eigenvalue weighted by Gasteiger charge is -2.12. The number of nitrogens with zero attached hydrogens (tertiary/aromatic N) is 3. The third kappa shape index (κ3) is 5.22. The molecule has 238 valence electrons. The van der Waals surface area contributed by atoms with Gasteiger partial charge in [0.2, 0.25) is 0 Å². The molecule has 0 aliphatic carbocycles. The highest BCUT2D eigenvalue weighted by Crippen LogP contribution is 2.40. The van der Waals surface area contributed by atoms with Crippen LogP contribution in [0.4, 0.5) is 0 Å². The summed E-state index contributed by atoms with van der Waals surface area (Å²) in [6, 6.07) is 61.1. The van der Waals surface area contributed by atoms with Crippen molar-refractivity contribution in [3.63, 3.8) is 0 Å². The van der Waals surface area contributed by atoms with Gasteiger partial charge in [-0.3, -0.25) is 0 Å². The average molecular weight is 652 g/mol. The molecule has 0 saturated heterocycles. The Morgan fingerprint density at radius 3 is 1.53 bits per heavy atom. The van der Waals surface area contributed by atoms with E-state index in [1.807, 2.05) is 30.3 Å². The van der Waals surface area contributed by atoms with Gasteiger partial charge in [0.05, 0.1) is 0 Å². The molecule has 4 heteroatoms. The predicted octanol–water partition coefficient (Wildman–Crippen LogP) is 12.4. The second-order valence-electron chi connectivity index (χ2n) is 12.9. The Kier molecular flexibility index (Phi) is 6.78. The molecule has 0 spiro atoms. The van der Waals surface area contributed by atoms with Crippen LogP contribution in [0.2, 0.25) is 0 Å². The fraction of sp³-hybridized carbons (Fsp3) is 0. The normalized spacial score (nSPS) is 11.5. The van der Waals surface area contributed by atoms with E-state index in [-0.39, 0.29) is 0 Å². The minimum absolute atomic E-state index is 0.594. The van der Waals surface area contributed by atoms with Gasteiger partial charge >= 0.3 is 0 Å². The van der Waals surface area contributed by atoms with Gasteiger partial charge in [-0.25, -0.2) is 15.0 Å².